The number of hydrogen-bond acceptors (Lipinski definition) is 4. The van der Waals surface area contributed by atoms with Crippen LogP contribution in [0.1, 0.15) is 58.6 Å². The maximum Gasteiger partial charge on any atom is 0.341 e. The van der Waals surface area contributed by atoms with Crippen LogP contribution in [0, 0.1) is 11.6 Å². The predicted octanol–water partition coefficient (Wildman–Crippen LogP) is 4.38. The van der Waals surface area contributed by atoms with Crippen LogP contribution in [-0.4, -0.2) is 15.6 Å². The second-order valence-electron chi connectivity index (χ2n) is 7.75. The Bertz CT molecular complexity index is 1240. The summed E-state index contributed by atoms with van der Waals surface area (Å²) in [7, 11) is 0. The summed E-state index contributed by atoms with van der Waals surface area (Å²) in [6, 6.07) is 2.58. The zero-order valence-electron chi connectivity index (χ0n) is 15.4. The maximum absolute atomic E-state index is 15.7. The van der Waals surface area contributed by atoms with Crippen molar-refractivity contribution >= 4 is 28.2 Å². The van der Waals surface area contributed by atoms with Gasteiger partial charge < -0.3 is 15.4 Å². The zero-order chi connectivity index (χ0) is 20.4. The normalized spacial score (nSPS) is 18.8. The molecule has 2 aromatic heterocycles. The fourth-order valence-corrected chi connectivity index (χ4v) is 5.45. The van der Waals surface area contributed by atoms with Crippen LogP contribution in [0.5, 0.6) is 0 Å². The van der Waals surface area contributed by atoms with Crippen molar-refractivity contribution in [1.82, 2.24) is 4.57 Å². The summed E-state index contributed by atoms with van der Waals surface area (Å²) in [5, 5.41) is 8.82. The van der Waals surface area contributed by atoms with Gasteiger partial charge in [0, 0.05) is 33.6 Å². The van der Waals surface area contributed by atoms with E-state index < -0.39 is 34.0 Å². The SMILES string of the molecule is NC1CCCc2sc(-c3cc(F)c4c(=O)c(C(=O)O)cn(C5CC5)c4c3F)cc21. The number of carboxylic acids is 1. The molecule has 1 atom stereocenters. The number of aryl methyl sites for hydroxylation is 1. The molecular weight excluding hydrogens is 398 g/mol. The van der Waals surface area contributed by atoms with Gasteiger partial charge in [0.1, 0.15) is 11.4 Å². The Morgan fingerprint density at radius 1 is 1.24 bits per heavy atom. The molecule has 2 aliphatic rings. The number of fused-ring (bicyclic) bond motifs is 2. The lowest BCUT2D eigenvalue weighted by atomic mass is 9.94. The molecule has 0 bridgehead atoms. The Morgan fingerprint density at radius 3 is 2.66 bits per heavy atom. The van der Waals surface area contributed by atoms with Crippen LogP contribution in [0.2, 0.25) is 0 Å². The molecule has 1 saturated carbocycles. The van der Waals surface area contributed by atoms with Crippen LogP contribution in [0.3, 0.4) is 0 Å². The van der Waals surface area contributed by atoms with E-state index in [-0.39, 0.29) is 23.2 Å². The monoisotopic (exact) mass is 416 g/mol. The van der Waals surface area contributed by atoms with E-state index >= 15 is 8.78 Å². The van der Waals surface area contributed by atoms with Gasteiger partial charge in [-0.15, -0.1) is 11.3 Å². The van der Waals surface area contributed by atoms with E-state index in [1.165, 1.54) is 15.9 Å². The van der Waals surface area contributed by atoms with Gasteiger partial charge in [-0.3, -0.25) is 4.79 Å². The number of aromatic carboxylic acids is 1. The smallest absolute Gasteiger partial charge is 0.341 e. The number of nitrogens with two attached hydrogens (primary N) is 1. The number of thiophene rings is 1. The van der Waals surface area contributed by atoms with Crippen molar-refractivity contribution in [3.63, 3.8) is 0 Å². The Labute approximate surface area is 168 Å². The van der Waals surface area contributed by atoms with Crippen molar-refractivity contribution in [2.45, 2.75) is 44.2 Å². The zero-order valence-corrected chi connectivity index (χ0v) is 16.2. The first-order valence-electron chi connectivity index (χ1n) is 9.55. The third kappa shape index (κ3) is 2.81. The number of hydrogen-bond donors (Lipinski definition) is 2. The minimum Gasteiger partial charge on any atom is -0.477 e. The first-order chi connectivity index (χ1) is 13.9. The molecule has 0 amide bonds. The molecule has 1 fully saturated rings. The van der Waals surface area contributed by atoms with Gasteiger partial charge in [0.15, 0.2) is 5.82 Å². The predicted molar refractivity (Wildman–Crippen MR) is 107 cm³/mol. The van der Waals surface area contributed by atoms with Gasteiger partial charge in [-0.05, 0) is 49.8 Å². The number of rotatable bonds is 3. The summed E-state index contributed by atoms with van der Waals surface area (Å²) in [6.45, 7) is 0. The number of halogens is 2. The first kappa shape index (κ1) is 18.4. The summed E-state index contributed by atoms with van der Waals surface area (Å²) >= 11 is 1.40. The van der Waals surface area contributed by atoms with Crippen LogP contribution in [0.15, 0.2) is 23.1 Å². The van der Waals surface area contributed by atoms with Crippen molar-refractivity contribution < 1.29 is 18.7 Å². The average molecular weight is 416 g/mol. The summed E-state index contributed by atoms with van der Waals surface area (Å²) in [4.78, 5) is 25.7. The molecule has 2 heterocycles. The molecule has 0 spiro atoms. The highest BCUT2D eigenvalue weighted by Crippen LogP contribution is 2.43. The van der Waals surface area contributed by atoms with Gasteiger partial charge in [0.05, 0.1) is 10.9 Å². The number of benzene rings is 1. The number of nitrogens with zero attached hydrogens (tertiary/aromatic N) is 1. The number of carbonyl (C=O) groups is 1. The number of carboxylic acid groups (broad SMARTS) is 1. The Morgan fingerprint density at radius 2 is 2.00 bits per heavy atom. The molecule has 0 saturated heterocycles. The molecule has 29 heavy (non-hydrogen) atoms. The standard InChI is InChI=1S/C21H18F2N2O3S/c22-13-6-11(16-7-10-14(24)2-1-3-15(10)29-16)18(23)19-17(13)20(26)12(21(27)28)8-25(19)9-4-5-9/h6-9,14H,1-5,24H2,(H,27,28). The third-order valence-electron chi connectivity index (χ3n) is 5.79. The van der Waals surface area contributed by atoms with Gasteiger partial charge in [0.25, 0.3) is 0 Å². The number of aromatic nitrogens is 1. The fraction of sp³-hybridized carbons (Fsp3) is 0.333. The van der Waals surface area contributed by atoms with Gasteiger partial charge >= 0.3 is 5.97 Å². The highest BCUT2D eigenvalue weighted by Gasteiger charge is 2.31. The first-order valence-corrected chi connectivity index (χ1v) is 10.4. The maximum atomic E-state index is 15.7. The van der Waals surface area contributed by atoms with E-state index in [9.17, 15) is 14.7 Å². The van der Waals surface area contributed by atoms with Crippen LogP contribution >= 0.6 is 11.3 Å². The van der Waals surface area contributed by atoms with E-state index in [1.54, 1.807) is 0 Å². The molecule has 2 aliphatic carbocycles. The second kappa shape index (κ2) is 6.47. The van der Waals surface area contributed by atoms with E-state index in [1.807, 2.05) is 6.07 Å². The van der Waals surface area contributed by atoms with Crippen LogP contribution < -0.4 is 11.2 Å². The molecular formula is C21H18F2N2O3S. The van der Waals surface area contributed by atoms with Crippen LogP contribution in [0.25, 0.3) is 21.3 Å². The van der Waals surface area contributed by atoms with E-state index in [2.05, 4.69) is 0 Å². The Balaban J connectivity index is 1.81. The summed E-state index contributed by atoms with van der Waals surface area (Å²) in [5.74, 6) is -3.06. The largest absolute Gasteiger partial charge is 0.477 e. The van der Waals surface area contributed by atoms with E-state index in [4.69, 9.17) is 5.73 Å². The Kier molecular flexibility index (Phi) is 4.11. The summed E-state index contributed by atoms with van der Waals surface area (Å²) in [6.07, 6.45) is 5.28. The molecule has 8 heteroatoms. The van der Waals surface area contributed by atoms with Gasteiger partial charge in [-0.2, -0.15) is 0 Å². The van der Waals surface area contributed by atoms with Gasteiger partial charge in [0.2, 0.25) is 5.43 Å². The molecule has 150 valence electrons. The summed E-state index contributed by atoms with van der Waals surface area (Å²) in [5.41, 5.74) is 5.51. The molecule has 0 aliphatic heterocycles. The third-order valence-corrected chi connectivity index (χ3v) is 7.03. The van der Waals surface area contributed by atoms with Crippen molar-refractivity contribution in [2.75, 3.05) is 0 Å². The van der Waals surface area contributed by atoms with E-state index in [0.29, 0.717) is 4.88 Å². The highest BCUT2D eigenvalue weighted by atomic mass is 32.1. The molecule has 1 aromatic carbocycles. The van der Waals surface area contributed by atoms with E-state index in [0.717, 1.165) is 54.8 Å². The highest BCUT2D eigenvalue weighted by molar-refractivity contribution is 7.15. The van der Waals surface area contributed by atoms with Crippen molar-refractivity contribution in [1.29, 1.82) is 0 Å². The summed E-state index contributed by atoms with van der Waals surface area (Å²) < 4.78 is 32.1. The quantitative estimate of drug-likeness (QED) is 0.664. The fourth-order valence-electron chi connectivity index (χ4n) is 4.16. The Hall–Kier alpha value is -2.58. The lowest BCUT2D eigenvalue weighted by Crippen LogP contribution is -2.20. The van der Waals surface area contributed by atoms with Crippen LogP contribution in [0.4, 0.5) is 8.78 Å². The van der Waals surface area contributed by atoms with Gasteiger partial charge in [-0.25, -0.2) is 13.6 Å². The molecule has 3 N–H and O–H groups in total. The number of pyridine rings is 1. The van der Waals surface area contributed by atoms with Crippen molar-refractivity contribution in [3.8, 4) is 10.4 Å². The van der Waals surface area contributed by atoms with Crippen molar-refractivity contribution in [2.24, 2.45) is 5.73 Å². The lowest BCUT2D eigenvalue weighted by molar-refractivity contribution is 0.0695. The molecule has 5 nitrogen and oxygen atoms in total. The molecule has 3 aromatic rings. The molecule has 0 radical (unpaired) electrons. The van der Waals surface area contributed by atoms with Gasteiger partial charge in [-0.1, -0.05) is 0 Å². The topological polar surface area (TPSA) is 85.3 Å². The minimum absolute atomic E-state index is 0.0819. The minimum atomic E-state index is -1.45. The molecule has 5 rings (SSSR count). The van der Waals surface area contributed by atoms with Crippen molar-refractivity contribution in [3.05, 3.63) is 56.2 Å². The second-order valence-corrected chi connectivity index (χ2v) is 8.88. The average Bonchev–Trinajstić information content (AvgIpc) is 3.42. The van der Waals surface area contributed by atoms with Crippen LogP contribution in [-0.2, 0) is 6.42 Å². The molecule has 1 unspecified atom stereocenters. The lowest BCUT2D eigenvalue weighted by Gasteiger charge is -2.17.